The standard InChI is InChI=1S/C17H25N3O2S/c1-5-7-15-8-10-17(11-9-15)23(21,22)19(4)12-16-13-20(6-2)18-14(16)3/h8-11,13H,5-7,12H2,1-4H3. The van der Waals surface area contributed by atoms with E-state index in [1.807, 2.05) is 36.9 Å². The third-order valence-corrected chi connectivity index (χ3v) is 5.75. The van der Waals surface area contributed by atoms with Crippen LogP contribution in [0.4, 0.5) is 0 Å². The highest BCUT2D eigenvalue weighted by molar-refractivity contribution is 7.89. The molecule has 0 spiro atoms. The number of sulfonamides is 1. The monoisotopic (exact) mass is 335 g/mol. The van der Waals surface area contributed by atoms with Crippen LogP contribution in [0.1, 0.15) is 37.1 Å². The van der Waals surface area contributed by atoms with Crippen LogP contribution in [0.15, 0.2) is 35.4 Å². The van der Waals surface area contributed by atoms with Crippen LogP contribution in [0, 0.1) is 6.92 Å². The molecule has 6 heteroatoms. The van der Waals surface area contributed by atoms with Gasteiger partial charge in [-0.05, 0) is 38.0 Å². The second-order valence-corrected chi connectivity index (χ2v) is 7.80. The van der Waals surface area contributed by atoms with Crippen molar-refractivity contribution in [3.05, 3.63) is 47.3 Å². The second-order valence-electron chi connectivity index (χ2n) is 5.75. The summed E-state index contributed by atoms with van der Waals surface area (Å²) >= 11 is 0. The molecule has 5 nitrogen and oxygen atoms in total. The maximum absolute atomic E-state index is 12.7. The van der Waals surface area contributed by atoms with E-state index in [0.29, 0.717) is 11.4 Å². The van der Waals surface area contributed by atoms with Crippen LogP contribution in [-0.2, 0) is 29.5 Å². The van der Waals surface area contributed by atoms with E-state index in [2.05, 4.69) is 12.0 Å². The number of rotatable bonds is 7. The van der Waals surface area contributed by atoms with E-state index < -0.39 is 10.0 Å². The van der Waals surface area contributed by atoms with Gasteiger partial charge in [0, 0.05) is 31.9 Å². The molecule has 0 N–H and O–H groups in total. The lowest BCUT2D eigenvalue weighted by molar-refractivity contribution is 0.466. The largest absolute Gasteiger partial charge is 0.272 e. The molecule has 1 aromatic carbocycles. The summed E-state index contributed by atoms with van der Waals surface area (Å²) in [6, 6.07) is 7.17. The van der Waals surface area contributed by atoms with Gasteiger partial charge >= 0.3 is 0 Å². The quantitative estimate of drug-likeness (QED) is 0.781. The molecule has 1 aromatic heterocycles. The topological polar surface area (TPSA) is 55.2 Å². The summed E-state index contributed by atoms with van der Waals surface area (Å²) in [5.74, 6) is 0. The molecule has 0 bridgehead atoms. The van der Waals surface area contributed by atoms with Crippen molar-refractivity contribution in [1.82, 2.24) is 14.1 Å². The number of aromatic nitrogens is 2. The predicted octanol–water partition coefficient (Wildman–Crippen LogP) is 2.98. The second kappa shape index (κ2) is 7.27. The Morgan fingerprint density at radius 2 is 1.83 bits per heavy atom. The van der Waals surface area contributed by atoms with Crippen molar-refractivity contribution in [2.75, 3.05) is 7.05 Å². The van der Waals surface area contributed by atoms with Gasteiger partial charge in [0.25, 0.3) is 0 Å². The van der Waals surface area contributed by atoms with Crippen molar-refractivity contribution < 1.29 is 8.42 Å². The lowest BCUT2D eigenvalue weighted by Crippen LogP contribution is -2.26. The predicted molar refractivity (Wildman–Crippen MR) is 91.7 cm³/mol. The Bertz CT molecular complexity index is 749. The lowest BCUT2D eigenvalue weighted by atomic mass is 10.1. The Balaban J connectivity index is 2.19. The first-order valence-electron chi connectivity index (χ1n) is 7.96. The SMILES string of the molecule is CCCc1ccc(S(=O)(=O)N(C)Cc2cn(CC)nc2C)cc1. The molecule has 23 heavy (non-hydrogen) atoms. The Morgan fingerprint density at radius 3 is 2.35 bits per heavy atom. The molecule has 0 atom stereocenters. The zero-order valence-corrected chi connectivity index (χ0v) is 15.1. The van der Waals surface area contributed by atoms with Crippen molar-refractivity contribution in [3.8, 4) is 0 Å². The zero-order valence-electron chi connectivity index (χ0n) is 14.3. The number of benzene rings is 1. The lowest BCUT2D eigenvalue weighted by Gasteiger charge is -2.17. The van der Waals surface area contributed by atoms with Crippen LogP contribution in [-0.4, -0.2) is 29.6 Å². The van der Waals surface area contributed by atoms with Gasteiger partial charge in [0.05, 0.1) is 10.6 Å². The Labute approximate surface area is 139 Å². The van der Waals surface area contributed by atoms with E-state index in [9.17, 15) is 8.42 Å². The van der Waals surface area contributed by atoms with Crippen LogP contribution >= 0.6 is 0 Å². The first kappa shape index (κ1) is 17.7. The average molecular weight is 335 g/mol. The maximum atomic E-state index is 12.7. The third-order valence-electron chi connectivity index (χ3n) is 3.94. The van der Waals surface area contributed by atoms with Crippen LogP contribution in [0.25, 0.3) is 0 Å². The molecule has 0 saturated carbocycles. The van der Waals surface area contributed by atoms with Crippen LogP contribution in [0.2, 0.25) is 0 Å². The van der Waals surface area contributed by atoms with Crippen LogP contribution in [0.3, 0.4) is 0 Å². The Morgan fingerprint density at radius 1 is 1.17 bits per heavy atom. The van der Waals surface area contributed by atoms with Crippen molar-refractivity contribution in [2.45, 2.75) is 51.6 Å². The molecule has 2 rings (SSSR count). The molecule has 0 unspecified atom stereocenters. The summed E-state index contributed by atoms with van der Waals surface area (Å²) in [7, 11) is -1.88. The van der Waals surface area contributed by atoms with Gasteiger partial charge < -0.3 is 0 Å². The van der Waals surface area contributed by atoms with Gasteiger partial charge in [0.1, 0.15) is 0 Å². The number of hydrogen-bond acceptors (Lipinski definition) is 3. The summed E-state index contributed by atoms with van der Waals surface area (Å²) < 4.78 is 28.6. The molecule has 0 aliphatic heterocycles. The number of nitrogens with zero attached hydrogens (tertiary/aromatic N) is 3. The van der Waals surface area contributed by atoms with Gasteiger partial charge in [-0.2, -0.15) is 9.40 Å². The number of aryl methyl sites for hydroxylation is 3. The molecular formula is C17H25N3O2S. The van der Waals surface area contributed by atoms with Gasteiger partial charge in [0.2, 0.25) is 10.0 Å². The minimum Gasteiger partial charge on any atom is -0.272 e. The highest BCUT2D eigenvalue weighted by Crippen LogP contribution is 2.19. The van der Waals surface area contributed by atoms with Gasteiger partial charge in [-0.3, -0.25) is 4.68 Å². The molecular weight excluding hydrogens is 310 g/mol. The number of hydrogen-bond donors (Lipinski definition) is 0. The fourth-order valence-corrected chi connectivity index (χ4v) is 3.65. The minimum atomic E-state index is -3.49. The van der Waals surface area contributed by atoms with Crippen LogP contribution in [0.5, 0.6) is 0 Å². The Hall–Kier alpha value is -1.66. The summed E-state index contributed by atoms with van der Waals surface area (Å²) in [6.07, 6.45) is 3.92. The van der Waals surface area contributed by atoms with E-state index in [-0.39, 0.29) is 0 Å². The molecule has 2 aromatic rings. The summed E-state index contributed by atoms with van der Waals surface area (Å²) in [5.41, 5.74) is 2.96. The van der Waals surface area contributed by atoms with E-state index in [4.69, 9.17) is 0 Å². The molecule has 126 valence electrons. The van der Waals surface area contributed by atoms with Gasteiger partial charge in [-0.25, -0.2) is 8.42 Å². The van der Waals surface area contributed by atoms with Crippen molar-refractivity contribution in [2.24, 2.45) is 0 Å². The normalized spacial score (nSPS) is 12.0. The fraction of sp³-hybridized carbons (Fsp3) is 0.471. The van der Waals surface area contributed by atoms with Crippen molar-refractivity contribution >= 4 is 10.0 Å². The van der Waals surface area contributed by atoms with Gasteiger partial charge in [-0.15, -0.1) is 0 Å². The molecule has 0 aliphatic rings. The van der Waals surface area contributed by atoms with E-state index in [0.717, 1.165) is 36.2 Å². The molecule has 0 radical (unpaired) electrons. The van der Waals surface area contributed by atoms with Crippen molar-refractivity contribution in [3.63, 3.8) is 0 Å². The summed E-state index contributed by atoms with van der Waals surface area (Å²) in [6.45, 7) is 7.12. The first-order valence-corrected chi connectivity index (χ1v) is 9.40. The zero-order chi connectivity index (χ0) is 17.0. The van der Waals surface area contributed by atoms with Gasteiger partial charge in [0.15, 0.2) is 0 Å². The van der Waals surface area contributed by atoms with E-state index >= 15 is 0 Å². The van der Waals surface area contributed by atoms with E-state index in [1.165, 1.54) is 4.31 Å². The molecule has 0 amide bonds. The molecule has 1 heterocycles. The molecule has 0 saturated heterocycles. The van der Waals surface area contributed by atoms with Crippen molar-refractivity contribution in [1.29, 1.82) is 0 Å². The molecule has 0 aliphatic carbocycles. The minimum absolute atomic E-state index is 0.324. The highest BCUT2D eigenvalue weighted by atomic mass is 32.2. The average Bonchev–Trinajstić information content (AvgIpc) is 2.88. The van der Waals surface area contributed by atoms with Crippen LogP contribution < -0.4 is 0 Å². The highest BCUT2D eigenvalue weighted by Gasteiger charge is 2.22. The third kappa shape index (κ3) is 4.00. The summed E-state index contributed by atoms with van der Waals surface area (Å²) in [5, 5.41) is 4.36. The summed E-state index contributed by atoms with van der Waals surface area (Å²) in [4.78, 5) is 0.334. The van der Waals surface area contributed by atoms with Gasteiger partial charge in [-0.1, -0.05) is 25.5 Å². The smallest absolute Gasteiger partial charge is 0.243 e. The Kier molecular flexibility index (Phi) is 5.59. The molecule has 0 fully saturated rings. The maximum Gasteiger partial charge on any atom is 0.243 e. The fourth-order valence-electron chi connectivity index (χ4n) is 2.50. The van der Waals surface area contributed by atoms with E-state index in [1.54, 1.807) is 19.2 Å². The first-order chi connectivity index (χ1) is 10.9.